The molecule has 2 rings (SSSR count). The number of ether oxygens (including phenoxy) is 1. The predicted molar refractivity (Wildman–Crippen MR) is 68.2 cm³/mol. The van der Waals surface area contributed by atoms with Crippen molar-refractivity contribution in [2.24, 2.45) is 5.73 Å². The molecule has 0 radical (unpaired) electrons. The van der Waals surface area contributed by atoms with Gasteiger partial charge >= 0.3 is 0 Å². The summed E-state index contributed by atoms with van der Waals surface area (Å²) >= 11 is 6.03. The zero-order valence-electron chi connectivity index (χ0n) is 9.73. The standard InChI is InChI=1S/C13H12ClFN2O/c1-18-12-7-17-5-4-9(12)13(16)10-6-8(15)2-3-11(10)14/h2-7,13H,16H2,1H3. The van der Waals surface area contributed by atoms with Crippen LogP contribution in [0.3, 0.4) is 0 Å². The van der Waals surface area contributed by atoms with Crippen LogP contribution in [0, 0.1) is 5.82 Å². The van der Waals surface area contributed by atoms with Gasteiger partial charge < -0.3 is 10.5 Å². The van der Waals surface area contributed by atoms with E-state index in [1.807, 2.05) is 0 Å². The van der Waals surface area contributed by atoms with Crippen molar-refractivity contribution in [1.29, 1.82) is 0 Å². The van der Waals surface area contributed by atoms with Crippen LogP contribution < -0.4 is 10.5 Å². The summed E-state index contributed by atoms with van der Waals surface area (Å²) in [5.41, 5.74) is 7.33. The number of nitrogens with two attached hydrogens (primary N) is 1. The molecule has 0 saturated carbocycles. The summed E-state index contributed by atoms with van der Waals surface area (Å²) in [6.07, 6.45) is 3.16. The largest absolute Gasteiger partial charge is 0.495 e. The summed E-state index contributed by atoms with van der Waals surface area (Å²) in [7, 11) is 1.53. The van der Waals surface area contributed by atoms with Crippen LogP contribution in [0.25, 0.3) is 0 Å². The van der Waals surface area contributed by atoms with Crippen LogP contribution in [0.4, 0.5) is 4.39 Å². The summed E-state index contributed by atoms with van der Waals surface area (Å²) < 4.78 is 18.4. The Morgan fingerprint density at radius 2 is 2.11 bits per heavy atom. The van der Waals surface area contributed by atoms with Gasteiger partial charge in [0.05, 0.1) is 19.3 Å². The van der Waals surface area contributed by atoms with E-state index in [4.69, 9.17) is 22.1 Å². The summed E-state index contributed by atoms with van der Waals surface area (Å²) in [6, 6.07) is 5.27. The van der Waals surface area contributed by atoms with E-state index in [2.05, 4.69) is 4.98 Å². The number of halogens is 2. The molecule has 5 heteroatoms. The van der Waals surface area contributed by atoms with Crippen LogP contribution in [0.1, 0.15) is 17.2 Å². The van der Waals surface area contributed by atoms with Crippen LogP contribution in [-0.2, 0) is 0 Å². The topological polar surface area (TPSA) is 48.1 Å². The minimum Gasteiger partial charge on any atom is -0.495 e. The Morgan fingerprint density at radius 1 is 1.33 bits per heavy atom. The van der Waals surface area contributed by atoms with Crippen molar-refractivity contribution in [2.75, 3.05) is 7.11 Å². The van der Waals surface area contributed by atoms with Crippen molar-refractivity contribution >= 4 is 11.6 Å². The third kappa shape index (κ3) is 2.44. The molecular formula is C13H12ClFN2O. The second-order valence-corrected chi connectivity index (χ2v) is 4.17. The van der Waals surface area contributed by atoms with Crippen LogP contribution in [-0.4, -0.2) is 12.1 Å². The Labute approximate surface area is 109 Å². The minimum atomic E-state index is -0.564. The van der Waals surface area contributed by atoms with Gasteiger partial charge in [0, 0.05) is 16.8 Å². The van der Waals surface area contributed by atoms with Crippen molar-refractivity contribution in [3.63, 3.8) is 0 Å². The summed E-state index contributed by atoms with van der Waals surface area (Å²) in [6.45, 7) is 0. The molecule has 2 aromatic rings. The van der Waals surface area contributed by atoms with Crippen molar-refractivity contribution in [2.45, 2.75) is 6.04 Å². The van der Waals surface area contributed by atoms with E-state index in [1.165, 1.54) is 25.3 Å². The molecule has 1 heterocycles. The monoisotopic (exact) mass is 266 g/mol. The van der Waals surface area contributed by atoms with Crippen LogP contribution in [0.5, 0.6) is 5.75 Å². The van der Waals surface area contributed by atoms with Gasteiger partial charge in [0.25, 0.3) is 0 Å². The highest BCUT2D eigenvalue weighted by Crippen LogP contribution is 2.31. The molecule has 1 unspecified atom stereocenters. The normalized spacial score (nSPS) is 12.2. The van der Waals surface area contributed by atoms with Gasteiger partial charge in [0.15, 0.2) is 0 Å². The molecule has 1 atom stereocenters. The van der Waals surface area contributed by atoms with Gasteiger partial charge in [0.2, 0.25) is 0 Å². The van der Waals surface area contributed by atoms with E-state index < -0.39 is 6.04 Å². The van der Waals surface area contributed by atoms with Gasteiger partial charge in [-0.1, -0.05) is 11.6 Å². The molecule has 1 aromatic heterocycles. The molecule has 1 aromatic carbocycles. The average Bonchev–Trinajstić information content (AvgIpc) is 2.40. The first-order valence-electron chi connectivity index (χ1n) is 5.32. The Morgan fingerprint density at radius 3 is 2.83 bits per heavy atom. The molecule has 18 heavy (non-hydrogen) atoms. The molecule has 0 amide bonds. The summed E-state index contributed by atoms with van der Waals surface area (Å²) in [5, 5.41) is 0.419. The smallest absolute Gasteiger partial charge is 0.142 e. The fourth-order valence-corrected chi connectivity index (χ4v) is 1.97. The quantitative estimate of drug-likeness (QED) is 0.929. The maximum Gasteiger partial charge on any atom is 0.142 e. The first-order valence-corrected chi connectivity index (χ1v) is 5.69. The highest BCUT2D eigenvalue weighted by molar-refractivity contribution is 6.31. The lowest BCUT2D eigenvalue weighted by Gasteiger charge is -2.16. The van der Waals surface area contributed by atoms with E-state index >= 15 is 0 Å². The third-order valence-corrected chi connectivity index (χ3v) is 3.01. The lowest BCUT2D eigenvalue weighted by molar-refractivity contribution is 0.406. The molecule has 0 bridgehead atoms. The number of nitrogens with zero attached hydrogens (tertiary/aromatic N) is 1. The van der Waals surface area contributed by atoms with Gasteiger partial charge in [-0.25, -0.2) is 4.39 Å². The highest BCUT2D eigenvalue weighted by Gasteiger charge is 2.17. The number of methoxy groups -OCH3 is 1. The Hall–Kier alpha value is -1.65. The number of benzene rings is 1. The second kappa shape index (κ2) is 5.33. The van der Waals surface area contributed by atoms with E-state index in [-0.39, 0.29) is 5.82 Å². The van der Waals surface area contributed by atoms with Gasteiger partial charge in [-0.05, 0) is 29.8 Å². The van der Waals surface area contributed by atoms with E-state index in [0.29, 0.717) is 21.9 Å². The third-order valence-electron chi connectivity index (χ3n) is 2.66. The second-order valence-electron chi connectivity index (χ2n) is 3.76. The minimum absolute atomic E-state index is 0.377. The first kappa shape index (κ1) is 12.8. The van der Waals surface area contributed by atoms with Crippen LogP contribution >= 0.6 is 11.6 Å². The van der Waals surface area contributed by atoms with Gasteiger partial charge in [-0.3, -0.25) is 4.98 Å². The van der Waals surface area contributed by atoms with E-state index in [0.717, 1.165) is 0 Å². The Balaban J connectivity index is 2.47. The Bertz CT molecular complexity index is 562. The van der Waals surface area contributed by atoms with Gasteiger partial charge in [0.1, 0.15) is 11.6 Å². The molecule has 3 nitrogen and oxygen atoms in total. The van der Waals surface area contributed by atoms with E-state index in [9.17, 15) is 4.39 Å². The molecule has 94 valence electrons. The average molecular weight is 267 g/mol. The van der Waals surface area contributed by atoms with Gasteiger partial charge in [-0.2, -0.15) is 0 Å². The molecule has 0 spiro atoms. The molecule has 0 fully saturated rings. The van der Waals surface area contributed by atoms with E-state index in [1.54, 1.807) is 18.5 Å². The molecular weight excluding hydrogens is 255 g/mol. The number of hydrogen-bond donors (Lipinski definition) is 1. The van der Waals surface area contributed by atoms with Crippen molar-refractivity contribution in [1.82, 2.24) is 4.98 Å². The van der Waals surface area contributed by atoms with Gasteiger partial charge in [-0.15, -0.1) is 0 Å². The molecule has 0 aliphatic carbocycles. The van der Waals surface area contributed by atoms with Crippen molar-refractivity contribution in [3.05, 3.63) is 58.6 Å². The van der Waals surface area contributed by atoms with Crippen LogP contribution in [0.15, 0.2) is 36.7 Å². The fraction of sp³-hybridized carbons (Fsp3) is 0.154. The van der Waals surface area contributed by atoms with Crippen molar-refractivity contribution < 1.29 is 9.13 Å². The summed E-state index contributed by atoms with van der Waals surface area (Å²) in [4.78, 5) is 3.94. The number of rotatable bonds is 3. The first-order chi connectivity index (χ1) is 8.63. The van der Waals surface area contributed by atoms with Crippen molar-refractivity contribution in [3.8, 4) is 5.75 Å². The lowest BCUT2D eigenvalue weighted by atomic mass is 10.00. The number of aromatic nitrogens is 1. The lowest BCUT2D eigenvalue weighted by Crippen LogP contribution is -2.14. The maximum absolute atomic E-state index is 13.2. The molecule has 0 saturated heterocycles. The molecule has 2 N–H and O–H groups in total. The Kier molecular flexibility index (Phi) is 3.79. The fourth-order valence-electron chi connectivity index (χ4n) is 1.74. The number of pyridine rings is 1. The highest BCUT2D eigenvalue weighted by atomic mass is 35.5. The maximum atomic E-state index is 13.2. The predicted octanol–water partition coefficient (Wildman–Crippen LogP) is 2.93. The molecule has 0 aliphatic heterocycles. The zero-order valence-corrected chi connectivity index (χ0v) is 10.5. The van der Waals surface area contributed by atoms with Crippen LogP contribution in [0.2, 0.25) is 5.02 Å². The molecule has 0 aliphatic rings. The SMILES string of the molecule is COc1cnccc1C(N)c1cc(F)ccc1Cl. The zero-order chi connectivity index (χ0) is 13.1. The number of hydrogen-bond acceptors (Lipinski definition) is 3. The summed E-state index contributed by atoms with van der Waals surface area (Å²) in [5.74, 6) is 0.170.